The van der Waals surface area contributed by atoms with Crippen LogP contribution in [0.4, 0.5) is 13.2 Å². The van der Waals surface area contributed by atoms with Crippen molar-refractivity contribution in [3.05, 3.63) is 48.0 Å². The second-order valence-electron chi connectivity index (χ2n) is 4.67. The molecule has 1 saturated heterocycles. The highest BCUT2D eigenvalue weighted by Gasteiger charge is 2.53. The van der Waals surface area contributed by atoms with Crippen molar-refractivity contribution in [3.63, 3.8) is 0 Å². The number of halogens is 3. The van der Waals surface area contributed by atoms with Crippen LogP contribution >= 0.6 is 0 Å². The van der Waals surface area contributed by atoms with E-state index in [1.54, 1.807) is 0 Å². The molecule has 0 aromatic heterocycles. The third-order valence-electron chi connectivity index (χ3n) is 3.29. The lowest BCUT2D eigenvalue weighted by atomic mass is 10.1. The molecule has 4 heteroatoms. The molecule has 1 fully saturated rings. The summed E-state index contributed by atoms with van der Waals surface area (Å²) in [4.78, 5) is 1.43. The fraction of sp³-hybridized carbons (Fsp3) is 0.286. The predicted octanol–water partition coefficient (Wildman–Crippen LogP) is 3.59. The van der Waals surface area contributed by atoms with Crippen LogP contribution in [0.5, 0.6) is 0 Å². The Kier molecular flexibility index (Phi) is 2.55. The van der Waals surface area contributed by atoms with E-state index < -0.39 is 12.2 Å². The van der Waals surface area contributed by atoms with Gasteiger partial charge < -0.3 is 0 Å². The van der Waals surface area contributed by atoms with Crippen molar-refractivity contribution in [2.75, 3.05) is 6.54 Å². The Hall–Kier alpha value is -1.55. The molecule has 2 aromatic carbocycles. The third kappa shape index (κ3) is 2.20. The third-order valence-corrected chi connectivity index (χ3v) is 3.29. The second kappa shape index (κ2) is 3.99. The zero-order chi connectivity index (χ0) is 12.8. The number of hydrogen-bond acceptors (Lipinski definition) is 1. The summed E-state index contributed by atoms with van der Waals surface area (Å²) in [5, 5.41) is 2.18. The Balaban J connectivity index is 1.77. The largest absolute Gasteiger partial charge is 0.405 e. The molecule has 1 nitrogen and oxygen atoms in total. The van der Waals surface area contributed by atoms with Crippen LogP contribution in [-0.2, 0) is 6.54 Å². The minimum Gasteiger partial charge on any atom is -0.285 e. The summed E-state index contributed by atoms with van der Waals surface area (Å²) in [5.74, 6) is 0. The van der Waals surface area contributed by atoms with Crippen LogP contribution in [-0.4, -0.2) is 23.7 Å². The molecular formula is C14H12F3N. The van der Waals surface area contributed by atoms with Crippen LogP contribution in [0.25, 0.3) is 10.8 Å². The summed E-state index contributed by atoms with van der Waals surface area (Å²) in [6.07, 6.45) is -4.09. The maximum absolute atomic E-state index is 12.4. The van der Waals surface area contributed by atoms with E-state index in [9.17, 15) is 13.2 Å². The number of nitrogens with zero attached hydrogens (tertiary/aromatic N) is 1. The molecule has 2 aromatic rings. The van der Waals surface area contributed by atoms with Gasteiger partial charge in [-0.3, -0.25) is 4.90 Å². The zero-order valence-corrected chi connectivity index (χ0v) is 9.61. The van der Waals surface area contributed by atoms with Crippen LogP contribution in [0, 0.1) is 0 Å². The lowest BCUT2D eigenvalue weighted by Gasteiger charge is -2.08. The Morgan fingerprint density at radius 3 is 2.44 bits per heavy atom. The van der Waals surface area contributed by atoms with Gasteiger partial charge in [0.15, 0.2) is 0 Å². The highest BCUT2D eigenvalue weighted by molar-refractivity contribution is 5.82. The maximum Gasteiger partial charge on any atom is 0.405 e. The van der Waals surface area contributed by atoms with Gasteiger partial charge in [-0.05, 0) is 22.4 Å². The summed E-state index contributed by atoms with van der Waals surface area (Å²) >= 11 is 0. The average molecular weight is 251 g/mol. The molecule has 0 N–H and O–H groups in total. The van der Waals surface area contributed by atoms with Crippen LogP contribution in [0.2, 0.25) is 0 Å². The van der Waals surface area contributed by atoms with Crippen molar-refractivity contribution in [2.24, 2.45) is 0 Å². The molecule has 1 aliphatic heterocycles. The Labute approximate surface area is 103 Å². The fourth-order valence-corrected chi connectivity index (χ4v) is 2.23. The second-order valence-corrected chi connectivity index (χ2v) is 4.67. The van der Waals surface area contributed by atoms with Crippen molar-refractivity contribution >= 4 is 10.8 Å². The zero-order valence-electron chi connectivity index (χ0n) is 9.61. The summed E-state index contributed by atoms with van der Waals surface area (Å²) < 4.78 is 37.2. The van der Waals surface area contributed by atoms with E-state index in [1.165, 1.54) is 4.90 Å². The van der Waals surface area contributed by atoms with Gasteiger partial charge in [-0.1, -0.05) is 36.4 Å². The fourth-order valence-electron chi connectivity index (χ4n) is 2.23. The molecule has 1 aliphatic rings. The highest BCUT2D eigenvalue weighted by atomic mass is 19.4. The Morgan fingerprint density at radius 1 is 1.06 bits per heavy atom. The van der Waals surface area contributed by atoms with E-state index >= 15 is 0 Å². The quantitative estimate of drug-likeness (QED) is 0.737. The Morgan fingerprint density at radius 2 is 1.78 bits per heavy atom. The first-order valence-electron chi connectivity index (χ1n) is 5.82. The first-order chi connectivity index (χ1) is 8.54. The van der Waals surface area contributed by atoms with Crippen LogP contribution in [0.15, 0.2) is 42.5 Å². The summed E-state index contributed by atoms with van der Waals surface area (Å²) in [5.41, 5.74) is 0.931. The van der Waals surface area contributed by atoms with Gasteiger partial charge in [0.25, 0.3) is 0 Å². The summed E-state index contributed by atoms with van der Waals surface area (Å²) in [6, 6.07) is 12.4. The monoisotopic (exact) mass is 251 g/mol. The van der Waals surface area contributed by atoms with E-state index in [0.717, 1.165) is 16.3 Å². The molecule has 0 radical (unpaired) electrons. The molecule has 0 aliphatic carbocycles. The first-order valence-corrected chi connectivity index (χ1v) is 5.82. The standard InChI is InChI=1S/C14H12F3N/c15-14(16,17)13-9-18(13)8-10-5-6-11-3-1-2-4-12(11)7-10/h1-7,13H,8-9H2. The lowest BCUT2D eigenvalue weighted by molar-refractivity contribution is -0.136. The predicted molar refractivity (Wildman–Crippen MR) is 64.2 cm³/mol. The summed E-state index contributed by atoms with van der Waals surface area (Å²) in [7, 11) is 0. The van der Waals surface area contributed by atoms with E-state index in [-0.39, 0.29) is 6.54 Å². The molecule has 94 valence electrons. The van der Waals surface area contributed by atoms with Gasteiger partial charge in [0.1, 0.15) is 6.04 Å². The van der Waals surface area contributed by atoms with Crippen molar-refractivity contribution in [2.45, 2.75) is 18.8 Å². The summed E-state index contributed by atoms with van der Waals surface area (Å²) in [6.45, 7) is 0.491. The average Bonchev–Trinajstić information content (AvgIpc) is 3.08. The van der Waals surface area contributed by atoms with Gasteiger partial charge in [0.05, 0.1) is 0 Å². The smallest absolute Gasteiger partial charge is 0.285 e. The van der Waals surface area contributed by atoms with Gasteiger partial charge in [-0.2, -0.15) is 13.2 Å². The number of benzene rings is 2. The van der Waals surface area contributed by atoms with E-state index in [4.69, 9.17) is 0 Å². The maximum atomic E-state index is 12.4. The number of rotatable bonds is 2. The van der Waals surface area contributed by atoms with Crippen molar-refractivity contribution < 1.29 is 13.2 Å². The molecule has 2 unspecified atom stereocenters. The van der Waals surface area contributed by atoms with Crippen molar-refractivity contribution in [3.8, 4) is 0 Å². The van der Waals surface area contributed by atoms with Gasteiger partial charge in [-0.25, -0.2) is 0 Å². The van der Waals surface area contributed by atoms with Crippen molar-refractivity contribution in [1.82, 2.24) is 4.90 Å². The normalized spacial score (nSPS) is 23.3. The van der Waals surface area contributed by atoms with Gasteiger partial charge in [-0.15, -0.1) is 0 Å². The molecule has 3 rings (SSSR count). The minimum absolute atomic E-state index is 0.121. The molecule has 0 saturated carbocycles. The van der Waals surface area contributed by atoms with Gasteiger partial charge in [0, 0.05) is 13.1 Å². The molecular weight excluding hydrogens is 239 g/mol. The number of fused-ring (bicyclic) bond motifs is 1. The molecule has 18 heavy (non-hydrogen) atoms. The minimum atomic E-state index is -4.09. The van der Waals surface area contributed by atoms with Crippen LogP contribution < -0.4 is 0 Å². The molecule has 0 amide bonds. The van der Waals surface area contributed by atoms with Gasteiger partial charge >= 0.3 is 6.18 Å². The molecule has 0 bridgehead atoms. The van der Waals surface area contributed by atoms with E-state index in [1.807, 2.05) is 42.5 Å². The molecule has 2 atom stereocenters. The van der Waals surface area contributed by atoms with Crippen LogP contribution in [0.1, 0.15) is 5.56 Å². The highest BCUT2D eigenvalue weighted by Crippen LogP contribution is 2.36. The topological polar surface area (TPSA) is 3.01 Å². The Bertz CT molecular complexity index is 577. The van der Waals surface area contributed by atoms with Gasteiger partial charge in [0.2, 0.25) is 0 Å². The molecule has 1 heterocycles. The number of alkyl halides is 3. The lowest BCUT2D eigenvalue weighted by Crippen LogP contribution is -2.20. The van der Waals surface area contributed by atoms with Crippen molar-refractivity contribution in [1.29, 1.82) is 0 Å². The van der Waals surface area contributed by atoms with E-state index in [0.29, 0.717) is 6.54 Å². The van der Waals surface area contributed by atoms with E-state index in [2.05, 4.69) is 0 Å². The molecule has 0 spiro atoms. The SMILES string of the molecule is FC(F)(F)C1CN1Cc1ccc2ccccc2c1. The first kappa shape index (κ1) is 11.5. The number of hydrogen-bond donors (Lipinski definition) is 0. The van der Waals surface area contributed by atoms with Crippen LogP contribution in [0.3, 0.4) is 0 Å².